The van der Waals surface area contributed by atoms with Gasteiger partial charge in [-0.2, -0.15) is 0 Å². The molecule has 1 aliphatic heterocycles. The second-order valence-electron chi connectivity index (χ2n) is 7.50. The molecule has 2 aromatic carbocycles. The van der Waals surface area contributed by atoms with Crippen LogP contribution in [0.5, 0.6) is 5.75 Å². The van der Waals surface area contributed by atoms with Crippen LogP contribution >= 0.6 is 0 Å². The van der Waals surface area contributed by atoms with Crippen molar-refractivity contribution < 1.29 is 19.1 Å². The molecule has 6 nitrogen and oxygen atoms in total. The fourth-order valence-electron chi connectivity index (χ4n) is 3.77. The number of nitrogens with zero attached hydrogens (tertiary/aromatic N) is 1. The summed E-state index contributed by atoms with van der Waals surface area (Å²) in [5.74, 6) is 0.241. The third kappa shape index (κ3) is 5.83. The Morgan fingerprint density at radius 2 is 1.73 bits per heavy atom. The number of esters is 1. The van der Waals surface area contributed by atoms with E-state index in [2.05, 4.69) is 22.3 Å². The lowest BCUT2D eigenvalue weighted by Gasteiger charge is -2.32. The van der Waals surface area contributed by atoms with Crippen LogP contribution in [0.2, 0.25) is 0 Å². The second-order valence-corrected chi connectivity index (χ2v) is 7.50. The van der Waals surface area contributed by atoms with E-state index >= 15 is 0 Å². The zero-order valence-corrected chi connectivity index (χ0v) is 17.7. The van der Waals surface area contributed by atoms with Crippen LogP contribution in [0.4, 0.5) is 0 Å². The summed E-state index contributed by atoms with van der Waals surface area (Å²) in [6.45, 7) is 5.19. The summed E-state index contributed by atoms with van der Waals surface area (Å²) in [6, 6.07) is 16.6. The summed E-state index contributed by atoms with van der Waals surface area (Å²) in [7, 11) is 1.34. The average Bonchev–Trinajstić information content (AvgIpc) is 2.79. The van der Waals surface area contributed by atoms with Gasteiger partial charge in [-0.15, -0.1) is 0 Å². The van der Waals surface area contributed by atoms with Gasteiger partial charge in [0.1, 0.15) is 5.75 Å². The number of piperidine rings is 1. The lowest BCUT2D eigenvalue weighted by Crippen LogP contribution is -2.43. The van der Waals surface area contributed by atoms with Gasteiger partial charge >= 0.3 is 5.97 Å². The largest absolute Gasteiger partial charge is 0.494 e. The summed E-state index contributed by atoms with van der Waals surface area (Å²) in [4.78, 5) is 27.4. The minimum Gasteiger partial charge on any atom is -0.494 e. The van der Waals surface area contributed by atoms with Crippen molar-refractivity contribution in [1.29, 1.82) is 0 Å². The molecule has 0 bridgehead atoms. The predicted octanol–water partition coefficient (Wildman–Crippen LogP) is 3.33. The van der Waals surface area contributed by atoms with Gasteiger partial charge in [-0.3, -0.25) is 9.69 Å². The standard InChI is InChI=1S/C24H30N2O4/c1-3-30-21-11-9-18(10-12-21)17-26-15-13-20(14-16-26)23(27)25-22(24(28)29-2)19-7-5-4-6-8-19/h4-12,20,22H,3,13-17H2,1-2H3,(H,25,27). The predicted molar refractivity (Wildman–Crippen MR) is 115 cm³/mol. The number of nitrogens with one attached hydrogen (secondary N) is 1. The molecule has 1 heterocycles. The molecule has 1 atom stereocenters. The number of benzene rings is 2. The van der Waals surface area contributed by atoms with E-state index in [1.165, 1.54) is 12.7 Å². The number of amides is 1. The third-order valence-corrected chi connectivity index (χ3v) is 5.46. The van der Waals surface area contributed by atoms with Crippen molar-refractivity contribution in [2.45, 2.75) is 32.4 Å². The molecular formula is C24H30N2O4. The number of hydrogen-bond donors (Lipinski definition) is 1. The van der Waals surface area contributed by atoms with Gasteiger partial charge in [0, 0.05) is 12.5 Å². The molecule has 1 N–H and O–H groups in total. The SMILES string of the molecule is CCOc1ccc(CN2CCC(C(=O)NC(C(=O)OC)c3ccccc3)CC2)cc1. The van der Waals surface area contributed by atoms with Crippen LogP contribution in [0.15, 0.2) is 54.6 Å². The van der Waals surface area contributed by atoms with Crippen LogP contribution in [0.3, 0.4) is 0 Å². The van der Waals surface area contributed by atoms with Crippen molar-refractivity contribution in [1.82, 2.24) is 10.2 Å². The van der Waals surface area contributed by atoms with E-state index in [1.54, 1.807) is 0 Å². The van der Waals surface area contributed by atoms with E-state index in [-0.39, 0.29) is 11.8 Å². The van der Waals surface area contributed by atoms with Crippen molar-refractivity contribution in [3.63, 3.8) is 0 Å². The van der Waals surface area contributed by atoms with Crippen molar-refractivity contribution in [3.8, 4) is 5.75 Å². The number of rotatable bonds is 8. The van der Waals surface area contributed by atoms with Crippen molar-refractivity contribution >= 4 is 11.9 Å². The summed E-state index contributed by atoms with van der Waals surface area (Å²) in [5.41, 5.74) is 1.96. The smallest absolute Gasteiger partial charge is 0.333 e. The molecule has 1 saturated heterocycles. The highest BCUT2D eigenvalue weighted by molar-refractivity contribution is 5.86. The summed E-state index contributed by atoms with van der Waals surface area (Å²) in [5, 5.41) is 2.89. The van der Waals surface area contributed by atoms with E-state index in [0.717, 1.165) is 43.8 Å². The van der Waals surface area contributed by atoms with Crippen molar-refractivity contribution in [2.24, 2.45) is 5.92 Å². The summed E-state index contributed by atoms with van der Waals surface area (Å²) in [6.07, 6.45) is 1.54. The van der Waals surface area contributed by atoms with Gasteiger partial charge in [0.15, 0.2) is 6.04 Å². The Labute approximate surface area is 178 Å². The molecular weight excluding hydrogens is 380 g/mol. The molecule has 160 valence electrons. The molecule has 1 fully saturated rings. The van der Waals surface area contributed by atoms with Gasteiger partial charge in [0.2, 0.25) is 5.91 Å². The fraction of sp³-hybridized carbons (Fsp3) is 0.417. The van der Waals surface area contributed by atoms with Crippen LogP contribution in [-0.4, -0.2) is 43.6 Å². The highest BCUT2D eigenvalue weighted by Gasteiger charge is 2.29. The molecule has 2 aromatic rings. The Bertz CT molecular complexity index is 815. The number of hydrogen-bond acceptors (Lipinski definition) is 5. The minimum atomic E-state index is -0.773. The maximum absolute atomic E-state index is 12.8. The Morgan fingerprint density at radius 1 is 1.07 bits per heavy atom. The van der Waals surface area contributed by atoms with Crippen LogP contribution in [0.25, 0.3) is 0 Å². The van der Waals surface area contributed by atoms with Crippen LogP contribution in [0, 0.1) is 5.92 Å². The van der Waals surface area contributed by atoms with Crippen LogP contribution in [-0.2, 0) is 20.9 Å². The molecule has 1 aliphatic rings. The first-order valence-corrected chi connectivity index (χ1v) is 10.5. The van der Waals surface area contributed by atoms with Crippen LogP contribution < -0.4 is 10.1 Å². The highest BCUT2D eigenvalue weighted by atomic mass is 16.5. The number of carbonyl (C=O) groups excluding carboxylic acids is 2. The van der Waals surface area contributed by atoms with Gasteiger partial charge in [-0.05, 0) is 56.1 Å². The van der Waals surface area contributed by atoms with Crippen molar-refractivity contribution in [3.05, 3.63) is 65.7 Å². The maximum Gasteiger partial charge on any atom is 0.333 e. The first-order chi connectivity index (χ1) is 14.6. The molecule has 6 heteroatoms. The summed E-state index contributed by atoms with van der Waals surface area (Å²) >= 11 is 0. The first kappa shape index (κ1) is 21.8. The Hall–Kier alpha value is -2.86. The van der Waals surface area contributed by atoms with Crippen LogP contribution in [0.1, 0.15) is 36.9 Å². The number of carbonyl (C=O) groups is 2. The van der Waals surface area contributed by atoms with Crippen molar-refractivity contribution in [2.75, 3.05) is 26.8 Å². The van der Waals surface area contributed by atoms with Gasteiger partial charge in [0.25, 0.3) is 0 Å². The monoisotopic (exact) mass is 410 g/mol. The highest BCUT2D eigenvalue weighted by Crippen LogP contribution is 2.22. The molecule has 30 heavy (non-hydrogen) atoms. The Kier molecular flexibility index (Phi) is 7.85. The molecule has 1 amide bonds. The van der Waals surface area contributed by atoms with Gasteiger partial charge < -0.3 is 14.8 Å². The lowest BCUT2D eigenvalue weighted by atomic mass is 9.94. The Morgan fingerprint density at radius 3 is 2.33 bits per heavy atom. The average molecular weight is 411 g/mol. The molecule has 0 radical (unpaired) electrons. The first-order valence-electron chi connectivity index (χ1n) is 10.5. The molecule has 1 unspecified atom stereocenters. The number of ether oxygens (including phenoxy) is 2. The third-order valence-electron chi connectivity index (χ3n) is 5.46. The van der Waals surface area contributed by atoms with E-state index in [1.807, 2.05) is 49.4 Å². The summed E-state index contributed by atoms with van der Waals surface area (Å²) < 4.78 is 10.4. The van der Waals surface area contributed by atoms with Gasteiger partial charge in [-0.25, -0.2) is 4.79 Å². The number of likely N-dealkylation sites (tertiary alicyclic amines) is 1. The maximum atomic E-state index is 12.8. The zero-order chi connectivity index (χ0) is 21.3. The molecule has 0 spiro atoms. The van der Waals surface area contributed by atoms with E-state index in [4.69, 9.17) is 9.47 Å². The number of methoxy groups -OCH3 is 1. The Balaban J connectivity index is 1.52. The topological polar surface area (TPSA) is 67.9 Å². The lowest BCUT2D eigenvalue weighted by molar-refractivity contribution is -0.146. The second kappa shape index (κ2) is 10.8. The minimum absolute atomic E-state index is 0.0880. The van der Waals surface area contributed by atoms with Gasteiger partial charge in [-0.1, -0.05) is 42.5 Å². The molecule has 0 saturated carbocycles. The molecule has 0 aromatic heterocycles. The molecule has 3 rings (SSSR count). The molecule has 0 aliphatic carbocycles. The quantitative estimate of drug-likeness (QED) is 0.676. The zero-order valence-electron chi connectivity index (χ0n) is 17.7. The van der Waals surface area contributed by atoms with E-state index in [0.29, 0.717) is 6.61 Å². The van der Waals surface area contributed by atoms with Gasteiger partial charge in [0.05, 0.1) is 13.7 Å². The fourth-order valence-corrected chi connectivity index (χ4v) is 3.77. The van der Waals surface area contributed by atoms with E-state index in [9.17, 15) is 9.59 Å². The van der Waals surface area contributed by atoms with E-state index < -0.39 is 12.0 Å². The normalized spacial score (nSPS) is 15.9.